The fourth-order valence-electron chi connectivity index (χ4n) is 1.27. The maximum Gasteiger partial charge on any atom is 0.0968 e. The molecule has 0 aliphatic heterocycles. The summed E-state index contributed by atoms with van der Waals surface area (Å²) in [6.07, 6.45) is 3.53. The van der Waals surface area contributed by atoms with Crippen molar-refractivity contribution in [3.8, 4) is 0 Å². The molecule has 4 nitrogen and oxygen atoms in total. The molecule has 2 aromatic heterocycles. The fourth-order valence-corrected chi connectivity index (χ4v) is 1.76. The largest absolute Gasteiger partial charge is 0.319 e. The zero-order chi connectivity index (χ0) is 9.97. The zero-order valence-electron chi connectivity index (χ0n) is 7.71. The van der Waals surface area contributed by atoms with Crippen molar-refractivity contribution < 1.29 is 0 Å². The smallest absolute Gasteiger partial charge is 0.0968 e. The number of aryl methyl sites for hydroxylation is 1. The van der Waals surface area contributed by atoms with Crippen LogP contribution in [0.5, 0.6) is 0 Å². The second-order valence-electron chi connectivity index (χ2n) is 3.04. The van der Waals surface area contributed by atoms with Crippen LogP contribution in [-0.2, 0) is 0 Å². The molecule has 0 radical (unpaired) electrons. The predicted molar refractivity (Wildman–Crippen MR) is 54.9 cm³/mol. The summed E-state index contributed by atoms with van der Waals surface area (Å²) in [6.45, 7) is 2.01. The van der Waals surface area contributed by atoms with Crippen LogP contribution in [0.15, 0.2) is 23.8 Å². The molecule has 14 heavy (non-hydrogen) atoms. The first-order chi connectivity index (χ1) is 6.79. The lowest BCUT2D eigenvalue weighted by molar-refractivity contribution is 0.805. The number of nitrogens with two attached hydrogens (primary N) is 1. The lowest BCUT2D eigenvalue weighted by atomic mass is 10.0. The Hall–Kier alpha value is -1.33. The van der Waals surface area contributed by atoms with Crippen LogP contribution in [0.1, 0.15) is 22.9 Å². The van der Waals surface area contributed by atoms with Crippen LogP contribution in [0.25, 0.3) is 0 Å². The molecule has 0 aromatic carbocycles. The topological polar surface area (TPSA) is 64.7 Å². The van der Waals surface area contributed by atoms with Gasteiger partial charge in [0.15, 0.2) is 0 Å². The average Bonchev–Trinajstić information content (AvgIpc) is 2.70. The van der Waals surface area contributed by atoms with Gasteiger partial charge in [-0.05, 0) is 35.6 Å². The predicted octanol–water partition coefficient (Wildman–Crippen LogP) is 1.29. The second-order valence-corrected chi connectivity index (χ2v) is 3.65. The molecule has 0 fully saturated rings. The third-order valence-electron chi connectivity index (χ3n) is 2.11. The molecule has 0 aliphatic rings. The monoisotopic (exact) mass is 206 g/mol. The maximum atomic E-state index is 6.03. The molecule has 72 valence electrons. The summed E-state index contributed by atoms with van der Waals surface area (Å²) >= 11 is 1.31. The van der Waals surface area contributed by atoms with Crippen molar-refractivity contribution in [2.45, 2.75) is 13.0 Å². The Morgan fingerprint density at radius 3 is 3.00 bits per heavy atom. The van der Waals surface area contributed by atoms with Crippen molar-refractivity contribution in [1.29, 1.82) is 0 Å². The van der Waals surface area contributed by atoms with Crippen LogP contribution < -0.4 is 5.73 Å². The van der Waals surface area contributed by atoms with E-state index in [4.69, 9.17) is 5.73 Å². The zero-order valence-corrected chi connectivity index (χ0v) is 8.53. The minimum atomic E-state index is -0.220. The van der Waals surface area contributed by atoms with Gasteiger partial charge in [0, 0.05) is 17.8 Å². The highest BCUT2D eigenvalue weighted by Gasteiger charge is 2.13. The third kappa shape index (κ3) is 1.64. The summed E-state index contributed by atoms with van der Waals surface area (Å²) < 4.78 is 3.79. The summed E-state index contributed by atoms with van der Waals surface area (Å²) in [6, 6.07) is 1.72. The summed E-state index contributed by atoms with van der Waals surface area (Å²) in [4.78, 5) is 4.05. The second kappa shape index (κ2) is 3.81. The van der Waals surface area contributed by atoms with E-state index < -0.39 is 0 Å². The van der Waals surface area contributed by atoms with Crippen molar-refractivity contribution in [1.82, 2.24) is 14.6 Å². The SMILES string of the molecule is Cc1ccncc1C(N)c1csnn1. The molecule has 2 rings (SSSR count). The first-order valence-corrected chi connectivity index (χ1v) is 5.05. The molecule has 2 N–H and O–H groups in total. The van der Waals surface area contributed by atoms with Gasteiger partial charge in [-0.25, -0.2) is 0 Å². The Morgan fingerprint density at radius 2 is 2.36 bits per heavy atom. The van der Waals surface area contributed by atoms with Gasteiger partial charge in [0.05, 0.1) is 11.7 Å². The number of aromatic nitrogens is 3. The van der Waals surface area contributed by atoms with E-state index in [9.17, 15) is 0 Å². The van der Waals surface area contributed by atoms with Crippen LogP contribution in [0.3, 0.4) is 0 Å². The summed E-state index contributed by atoms with van der Waals surface area (Å²) in [5, 5.41) is 5.81. The molecule has 0 amide bonds. The maximum absolute atomic E-state index is 6.03. The van der Waals surface area contributed by atoms with Crippen LogP contribution in [0.4, 0.5) is 0 Å². The van der Waals surface area contributed by atoms with Gasteiger partial charge in [-0.3, -0.25) is 4.98 Å². The minimum absolute atomic E-state index is 0.220. The number of rotatable bonds is 2. The van der Waals surface area contributed by atoms with Crippen molar-refractivity contribution in [3.63, 3.8) is 0 Å². The molecular weight excluding hydrogens is 196 g/mol. The van der Waals surface area contributed by atoms with E-state index in [2.05, 4.69) is 14.6 Å². The molecular formula is C9H10N4S. The first kappa shape index (κ1) is 9.23. The van der Waals surface area contributed by atoms with Gasteiger partial charge in [-0.15, -0.1) is 5.10 Å². The molecule has 0 saturated heterocycles. The number of hydrogen-bond donors (Lipinski definition) is 1. The van der Waals surface area contributed by atoms with Crippen molar-refractivity contribution in [2.24, 2.45) is 5.73 Å². The van der Waals surface area contributed by atoms with E-state index in [1.807, 2.05) is 18.4 Å². The molecule has 1 unspecified atom stereocenters. The van der Waals surface area contributed by atoms with Gasteiger partial charge >= 0.3 is 0 Å². The van der Waals surface area contributed by atoms with E-state index in [-0.39, 0.29) is 6.04 Å². The molecule has 0 spiro atoms. The van der Waals surface area contributed by atoms with Gasteiger partial charge in [-0.1, -0.05) is 4.49 Å². The lowest BCUT2D eigenvalue weighted by Crippen LogP contribution is -2.13. The minimum Gasteiger partial charge on any atom is -0.319 e. The lowest BCUT2D eigenvalue weighted by Gasteiger charge is -2.10. The quantitative estimate of drug-likeness (QED) is 0.804. The fraction of sp³-hybridized carbons (Fsp3) is 0.222. The molecule has 1 atom stereocenters. The Balaban J connectivity index is 2.37. The summed E-state index contributed by atoms with van der Waals surface area (Å²) in [5.74, 6) is 0. The molecule has 2 heterocycles. The van der Waals surface area contributed by atoms with Gasteiger partial charge in [0.1, 0.15) is 0 Å². The van der Waals surface area contributed by atoms with E-state index in [1.165, 1.54) is 11.5 Å². The normalized spacial score (nSPS) is 12.7. The Bertz CT molecular complexity index is 413. The highest BCUT2D eigenvalue weighted by molar-refractivity contribution is 7.03. The first-order valence-electron chi connectivity index (χ1n) is 4.22. The van der Waals surface area contributed by atoms with Gasteiger partial charge in [-0.2, -0.15) is 0 Å². The van der Waals surface area contributed by atoms with Crippen LogP contribution in [0.2, 0.25) is 0 Å². The Morgan fingerprint density at radius 1 is 1.50 bits per heavy atom. The van der Waals surface area contributed by atoms with E-state index in [1.54, 1.807) is 12.4 Å². The standard InChI is InChI=1S/C9H10N4S/c1-6-2-3-11-4-7(6)9(10)8-5-14-13-12-8/h2-5,9H,10H2,1H3. The highest BCUT2D eigenvalue weighted by Crippen LogP contribution is 2.20. The van der Waals surface area contributed by atoms with Gasteiger partial charge < -0.3 is 5.73 Å². The number of hydrogen-bond acceptors (Lipinski definition) is 5. The third-order valence-corrected chi connectivity index (χ3v) is 2.63. The Kier molecular flexibility index (Phi) is 2.51. The Labute approximate surface area is 86.0 Å². The van der Waals surface area contributed by atoms with Crippen LogP contribution >= 0.6 is 11.5 Å². The van der Waals surface area contributed by atoms with E-state index in [0.717, 1.165) is 16.8 Å². The molecule has 5 heteroatoms. The molecule has 0 aliphatic carbocycles. The van der Waals surface area contributed by atoms with Crippen molar-refractivity contribution in [3.05, 3.63) is 40.7 Å². The molecule has 0 saturated carbocycles. The summed E-state index contributed by atoms with van der Waals surface area (Å²) in [7, 11) is 0. The highest BCUT2D eigenvalue weighted by atomic mass is 32.1. The molecule has 2 aromatic rings. The van der Waals surface area contributed by atoms with Gasteiger partial charge in [0.25, 0.3) is 0 Å². The van der Waals surface area contributed by atoms with Crippen molar-refractivity contribution in [2.75, 3.05) is 0 Å². The average molecular weight is 206 g/mol. The molecule has 0 bridgehead atoms. The van der Waals surface area contributed by atoms with Gasteiger partial charge in [0.2, 0.25) is 0 Å². The number of nitrogens with zero attached hydrogens (tertiary/aromatic N) is 3. The van der Waals surface area contributed by atoms with Crippen molar-refractivity contribution >= 4 is 11.5 Å². The van der Waals surface area contributed by atoms with E-state index >= 15 is 0 Å². The van der Waals surface area contributed by atoms with Crippen LogP contribution in [0, 0.1) is 6.92 Å². The summed E-state index contributed by atoms with van der Waals surface area (Å²) in [5.41, 5.74) is 8.95. The van der Waals surface area contributed by atoms with E-state index in [0.29, 0.717) is 0 Å². The number of pyridine rings is 1. The van der Waals surface area contributed by atoms with Crippen LogP contribution in [-0.4, -0.2) is 14.6 Å².